The van der Waals surface area contributed by atoms with Crippen molar-refractivity contribution in [2.45, 2.75) is 18.1 Å². The van der Waals surface area contributed by atoms with Gasteiger partial charge in [0.15, 0.2) is 15.7 Å². The zero-order chi connectivity index (χ0) is 13.9. The third-order valence-corrected chi connectivity index (χ3v) is 5.24. The molecule has 1 aromatic rings. The summed E-state index contributed by atoms with van der Waals surface area (Å²) >= 11 is 0. The highest BCUT2D eigenvalue weighted by Gasteiger charge is 2.31. The molecular weight excluding hydrogens is 270 g/mol. The molecule has 1 aliphatic rings. The number of carbonyl (C=O) groups excluding carboxylic acids is 1. The van der Waals surface area contributed by atoms with Crippen LogP contribution in [-0.4, -0.2) is 41.8 Å². The number of sulfone groups is 1. The minimum Gasteiger partial charge on any atom is -0.349 e. The molecular formula is C10H15N5O3S. The molecule has 0 bridgehead atoms. The van der Waals surface area contributed by atoms with Crippen LogP contribution in [-0.2, 0) is 9.84 Å². The summed E-state index contributed by atoms with van der Waals surface area (Å²) in [6.07, 6.45) is 3.89. The lowest BCUT2D eigenvalue weighted by atomic mass is 10.2. The van der Waals surface area contributed by atoms with Crippen molar-refractivity contribution in [2.75, 3.05) is 17.7 Å². The summed E-state index contributed by atoms with van der Waals surface area (Å²) in [6, 6.07) is 0. The Hall–Kier alpha value is -1.74. The number of nitrogens with one attached hydrogen (secondary N) is 2. The quantitative estimate of drug-likeness (QED) is 0.481. The van der Waals surface area contributed by atoms with E-state index in [1.807, 2.05) is 0 Å². The van der Waals surface area contributed by atoms with Gasteiger partial charge in [0, 0.05) is 6.54 Å². The van der Waals surface area contributed by atoms with E-state index in [4.69, 9.17) is 5.84 Å². The van der Waals surface area contributed by atoms with Crippen LogP contribution in [0.4, 0.5) is 5.82 Å². The molecule has 1 saturated heterocycles. The summed E-state index contributed by atoms with van der Waals surface area (Å²) in [4.78, 5) is 19.5. The summed E-state index contributed by atoms with van der Waals surface area (Å²) < 4.78 is 23.2. The minimum atomic E-state index is -3.06. The molecule has 2 heterocycles. The van der Waals surface area contributed by atoms with Crippen molar-refractivity contribution in [1.29, 1.82) is 0 Å². The van der Waals surface area contributed by atoms with E-state index in [9.17, 15) is 13.2 Å². The molecule has 0 aliphatic carbocycles. The monoisotopic (exact) mass is 285 g/mol. The minimum absolute atomic E-state index is 0.0887. The summed E-state index contributed by atoms with van der Waals surface area (Å²) in [6.45, 7) is 0.100. The van der Waals surface area contributed by atoms with E-state index >= 15 is 0 Å². The van der Waals surface area contributed by atoms with Gasteiger partial charge >= 0.3 is 0 Å². The number of hydrogen-bond donors (Lipinski definition) is 3. The van der Waals surface area contributed by atoms with Crippen molar-refractivity contribution in [2.24, 2.45) is 5.84 Å². The maximum Gasteiger partial charge on any atom is 0.271 e. The van der Waals surface area contributed by atoms with E-state index < -0.39 is 21.0 Å². The van der Waals surface area contributed by atoms with Crippen LogP contribution in [0.5, 0.6) is 0 Å². The third-order valence-electron chi connectivity index (χ3n) is 2.97. The van der Waals surface area contributed by atoms with Gasteiger partial charge in [-0.2, -0.15) is 0 Å². The van der Waals surface area contributed by atoms with Gasteiger partial charge in [0.05, 0.1) is 23.4 Å². The highest BCUT2D eigenvalue weighted by molar-refractivity contribution is 7.92. The number of amides is 1. The largest absolute Gasteiger partial charge is 0.349 e. The van der Waals surface area contributed by atoms with Crippen LogP contribution in [0.25, 0.3) is 0 Å². The van der Waals surface area contributed by atoms with Gasteiger partial charge in [-0.1, -0.05) is 0 Å². The van der Waals surface area contributed by atoms with Crippen molar-refractivity contribution in [1.82, 2.24) is 15.3 Å². The molecule has 1 unspecified atom stereocenters. The Kier molecular flexibility index (Phi) is 3.96. The zero-order valence-electron chi connectivity index (χ0n) is 10.2. The van der Waals surface area contributed by atoms with Crippen LogP contribution in [0, 0.1) is 0 Å². The molecule has 1 fully saturated rings. The second-order valence-electron chi connectivity index (χ2n) is 4.28. The lowest BCUT2D eigenvalue weighted by molar-refractivity contribution is 0.0948. The fourth-order valence-electron chi connectivity index (χ4n) is 1.93. The molecule has 1 atom stereocenters. The van der Waals surface area contributed by atoms with Crippen molar-refractivity contribution < 1.29 is 13.2 Å². The predicted molar refractivity (Wildman–Crippen MR) is 69.0 cm³/mol. The van der Waals surface area contributed by atoms with Gasteiger partial charge in [-0.25, -0.2) is 19.2 Å². The Morgan fingerprint density at radius 2 is 2.26 bits per heavy atom. The molecule has 0 aromatic carbocycles. The Morgan fingerprint density at radius 3 is 2.89 bits per heavy atom. The average Bonchev–Trinajstić information content (AvgIpc) is 2.75. The SMILES string of the molecule is NNc1cncc(C(=O)NCC2CCCS2(=O)=O)n1. The molecule has 1 amide bonds. The zero-order valence-corrected chi connectivity index (χ0v) is 11.0. The van der Waals surface area contributed by atoms with Crippen LogP contribution < -0.4 is 16.6 Å². The summed E-state index contributed by atoms with van der Waals surface area (Å²) in [7, 11) is -3.06. The molecule has 9 heteroatoms. The van der Waals surface area contributed by atoms with Gasteiger partial charge in [0.25, 0.3) is 5.91 Å². The Bertz CT molecular complexity index is 574. The lowest BCUT2D eigenvalue weighted by Gasteiger charge is -2.10. The van der Waals surface area contributed by atoms with E-state index in [1.165, 1.54) is 12.4 Å². The number of nitrogens with zero attached hydrogens (tertiary/aromatic N) is 2. The van der Waals surface area contributed by atoms with Gasteiger partial charge in [-0.15, -0.1) is 0 Å². The van der Waals surface area contributed by atoms with Crippen LogP contribution in [0.3, 0.4) is 0 Å². The maximum atomic E-state index is 11.8. The lowest BCUT2D eigenvalue weighted by Crippen LogP contribution is -2.35. The molecule has 104 valence electrons. The second kappa shape index (κ2) is 5.49. The summed E-state index contributed by atoms with van der Waals surface area (Å²) in [5, 5.41) is 2.06. The molecule has 8 nitrogen and oxygen atoms in total. The molecule has 0 radical (unpaired) electrons. The number of anilines is 1. The van der Waals surface area contributed by atoms with Crippen LogP contribution in [0.1, 0.15) is 23.3 Å². The molecule has 2 rings (SSSR count). The number of hydrogen-bond acceptors (Lipinski definition) is 7. The predicted octanol–water partition coefficient (Wildman–Crippen LogP) is -0.931. The molecule has 0 saturated carbocycles. The van der Waals surface area contributed by atoms with Crippen molar-refractivity contribution in [3.63, 3.8) is 0 Å². The standard InChI is InChI=1S/C10H15N5O3S/c11-15-9-6-12-5-8(14-9)10(16)13-4-7-2-1-3-19(7,17)18/h5-7H,1-4,11H2,(H,13,16)(H,14,15). The van der Waals surface area contributed by atoms with Crippen LogP contribution >= 0.6 is 0 Å². The maximum absolute atomic E-state index is 11.8. The van der Waals surface area contributed by atoms with E-state index in [0.29, 0.717) is 12.8 Å². The number of hydrazine groups is 1. The Morgan fingerprint density at radius 1 is 1.47 bits per heavy atom. The molecule has 1 aromatic heterocycles. The average molecular weight is 285 g/mol. The van der Waals surface area contributed by atoms with E-state index in [-0.39, 0.29) is 23.8 Å². The van der Waals surface area contributed by atoms with E-state index in [2.05, 4.69) is 20.7 Å². The highest BCUT2D eigenvalue weighted by Crippen LogP contribution is 2.19. The van der Waals surface area contributed by atoms with Gasteiger partial charge in [0.1, 0.15) is 5.69 Å². The van der Waals surface area contributed by atoms with Crippen molar-refractivity contribution in [3.8, 4) is 0 Å². The number of nitrogens with two attached hydrogens (primary N) is 1. The fourth-order valence-corrected chi connectivity index (χ4v) is 3.69. The fraction of sp³-hybridized carbons (Fsp3) is 0.500. The first kappa shape index (κ1) is 13.7. The summed E-state index contributed by atoms with van der Waals surface area (Å²) in [5.41, 5.74) is 2.37. The number of rotatable bonds is 4. The number of aromatic nitrogens is 2. The van der Waals surface area contributed by atoms with Gasteiger partial charge < -0.3 is 10.7 Å². The third kappa shape index (κ3) is 3.18. The molecule has 4 N–H and O–H groups in total. The highest BCUT2D eigenvalue weighted by atomic mass is 32.2. The van der Waals surface area contributed by atoms with Gasteiger partial charge in [-0.05, 0) is 12.8 Å². The van der Waals surface area contributed by atoms with E-state index in [0.717, 1.165) is 0 Å². The molecule has 1 aliphatic heterocycles. The molecule has 19 heavy (non-hydrogen) atoms. The first-order chi connectivity index (χ1) is 9.03. The van der Waals surface area contributed by atoms with Gasteiger partial charge in [0.2, 0.25) is 0 Å². The number of carbonyl (C=O) groups is 1. The summed E-state index contributed by atoms with van der Waals surface area (Å²) in [5.74, 6) is 5.16. The van der Waals surface area contributed by atoms with E-state index in [1.54, 1.807) is 0 Å². The van der Waals surface area contributed by atoms with Gasteiger partial charge in [-0.3, -0.25) is 9.78 Å². The normalized spacial score (nSPS) is 21.0. The topological polar surface area (TPSA) is 127 Å². The first-order valence-corrected chi connectivity index (χ1v) is 7.53. The van der Waals surface area contributed by atoms with Crippen molar-refractivity contribution in [3.05, 3.63) is 18.1 Å². The van der Waals surface area contributed by atoms with Crippen LogP contribution in [0.15, 0.2) is 12.4 Å². The first-order valence-electron chi connectivity index (χ1n) is 5.81. The number of nitrogen functional groups attached to an aromatic ring is 1. The Labute approximate surface area is 110 Å². The van der Waals surface area contributed by atoms with Crippen LogP contribution in [0.2, 0.25) is 0 Å². The van der Waals surface area contributed by atoms with Crippen molar-refractivity contribution >= 4 is 21.6 Å². The molecule has 0 spiro atoms. The smallest absolute Gasteiger partial charge is 0.271 e. The second-order valence-corrected chi connectivity index (χ2v) is 6.68. The Balaban J connectivity index is 1.98.